The monoisotopic (exact) mass is 249 g/mol. The van der Waals surface area contributed by atoms with Crippen molar-refractivity contribution < 1.29 is 4.39 Å². The van der Waals surface area contributed by atoms with Gasteiger partial charge in [0.1, 0.15) is 17.2 Å². The number of rotatable bonds is 3. The molecule has 0 aliphatic heterocycles. The predicted octanol–water partition coefficient (Wildman–Crippen LogP) is 2.79. The smallest absolute Gasteiger partial charge is 0.123 e. The van der Waals surface area contributed by atoms with Crippen molar-refractivity contribution in [2.45, 2.75) is 22.9 Å². The van der Waals surface area contributed by atoms with Gasteiger partial charge in [0, 0.05) is 17.1 Å². The van der Waals surface area contributed by atoms with Gasteiger partial charge in [-0.05, 0) is 36.8 Å². The molecule has 0 saturated carbocycles. The Labute approximate surface area is 103 Å². The van der Waals surface area contributed by atoms with E-state index in [2.05, 4.69) is 9.97 Å². The summed E-state index contributed by atoms with van der Waals surface area (Å²) in [6.45, 7) is 1.83. The second-order valence-corrected chi connectivity index (χ2v) is 4.68. The molecule has 0 fully saturated rings. The number of nitrogens with zero attached hydrogens (tertiary/aromatic N) is 2. The van der Waals surface area contributed by atoms with E-state index in [4.69, 9.17) is 5.73 Å². The van der Waals surface area contributed by atoms with Crippen LogP contribution in [0.5, 0.6) is 0 Å². The molecule has 88 valence electrons. The van der Waals surface area contributed by atoms with Crippen LogP contribution in [0.25, 0.3) is 0 Å². The van der Waals surface area contributed by atoms with Crippen molar-refractivity contribution in [1.82, 2.24) is 9.97 Å². The first-order valence-electron chi connectivity index (χ1n) is 5.15. The van der Waals surface area contributed by atoms with Gasteiger partial charge >= 0.3 is 0 Å². The second-order valence-electron chi connectivity index (χ2n) is 3.62. The normalized spacial score (nSPS) is 12.4. The van der Waals surface area contributed by atoms with Crippen molar-refractivity contribution in [3.05, 3.63) is 48.2 Å². The molecule has 0 radical (unpaired) electrons. The van der Waals surface area contributed by atoms with Gasteiger partial charge < -0.3 is 5.73 Å². The summed E-state index contributed by atoms with van der Waals surface area (Å²) in [5, 5.41) is 0.813. The maximum Gasteiger partial charge on any atom is 0.123 e. The molecule has 5 heteroatoms. The van der Waals surface area contributed by atoms with Gasteiger partial charge in [0.25, 0.3) is 0 Å². The van der Waals surface area contributed by atoms with Crippen LogP contribution in [-0.2, 0) is 0 Å². The fraction of sp³-hybridized carbons (Fsp3) is 0.167. The van der Waals surface area contributed by atoms with Gasteiger partial charge in [-0.3, -0.25) is 0 Å². The lowest BCUT2D eigenvalue weighted by Gasteiger charge is -2.11. The molecule has 1 heterocycles. The van der Waals surface area contributed by atoms with E-state index in [9.17, 15) is 4.39 Å². The van der Waals surface area contributed by atoms with Crippen molar-refractivity contribution in [3.8, 4) is 0 Å². The Hall–Kier alpha value is -1.46. The maximum atomic E-state index is 13.2. The first kappa shape index (κ1) is 12.0. The predicted molar refractivity (Wildman–Crippen MR) is 65.2 cm³/mol. The molecule has 0 amide bonds. The lowest BCUT2D eigenvalue weighted by Crippen LogP contribution is -2.06. The molecule has 2 aromatic rings. The van der Waals surface area contributed by atoms with Crippen molar-refractivity contribution in [2.75, 3.05) is 0 Å². The summed E-state index contributed by atoms with van der Waals surface area (Å²) in [6.07, 6.45) is 3.15. The molecule has 0 aliphatic rings. The Morgan fingerprint density at radius 1 is 1.35 bits per heavy atom. The minimum Gasteiger partial charge on any atom is -0.324 e. The summed E-state index contributed by atoms with van der Waals surface area (Å²) in [7, 11) is 0. The molecule has 0 spiro atoms. The van der Waals surface area contributed by atoms with Crippen LogP contribution in [0.2, 0.25) is 0 Å². The van der Waals surface area contributed by atoms with E-state index in [1.54, 1.807) is 18.3 Å². The van der Waals surface area contributed by atoms with Crippen molar-refractivity contribution in [2.24, 2.45) is 5.73 Å². The quantitative estimate of drug-likeness (QED) is 0.850. The fourth-order valence-electron chi connectivity index (χ4n) is 1.42. The number of benzene rings is 1. The van der Waals surface area contributed by atoms with Crippen LogP contribution < -0.4 is 5.73 Å². The van der Waals surface area contributed by atoms with Gasteiger partial charge in [0.2, 0.25) is 0 Å². The topological polar surface area (TPSA) is 51.8 Å². The van der Waals surface area contributed by atoms with Crippen LogP contribution >= 0.6 is 11.8 Å². The highest BCUT2D eigenvalue weighted by Gasteiger charge is 2.10. The molecule has 2 N–H and O–H groups in total. The molecule has 1 aromatic heterocycles. The third-order valence-corrected chi connectivity index (χ3v) is 3.27. The summed E-state index contributed by atoms with van der Waals surface area (Å²) < 4.78 is 13.2. The maximum absolute atomic E-state index is 13.2. The zero-order chi connectivity index (χ0) is 12.3. The molecule has 17 heavy (non-hydrogen) atoms. The summed E-state index contributed by atoms with van der Waals surface area (Å²) in [4.78, 5) is 8.88. The van der Waals surface area contributed by atoms with Gasteiger partial charge in [-0.2, -0.15) is 0 Å². The Morgan fingerprint density at radius 2 is 2.18 bits per heavy atom. The molecular formula is C12H12FN3S. The second kappa shape index (κ2) is 5.25. The van der Waals surface area contributed by atoms with Gasteiger partial charge in [-0.25, -0.2) is 14.4 Å². The van der Waals surface area contributed by atoms with E-state index in [0.717, 1.165) is 15.5 Å². The molecule has 1 atom stereocenters. The SMILES string of the molecule is CC(N)c1cc(F)ccc1Sc1ccncn1. The molecule has 3 nitrogen and oxygen atoms in total. The number of hydrogen-bond donors (Lipinski definition) is 1. The fourth-order valence-corrected chi connectivity index (χ4v) is 2.37. The van der Waals surface area contributed by atoms with Crippen molar-refractivity contribution in [3.63, 3.8) is 0 Å². The first-order valence-corrected chi connectivity index (χ1v) is 5.97. The Bertz CT molecular complexity index is 502. The van der Waals surface area contributed by atoms with Gasteiger partial charge in [-0.1, -0.05) is 11.8 Å². The average molecular weight is 249 g/mol. The zero-order valence-electron chi connectivity index (χ0n) is 9.30. The highest BCUT2D eigenvalue weighted by atomic mass is 32.2. The lowest BCUT2D eigenvalue weighted by atomic mass is 10.1. The highest BCUT2D eigenvalue weighted by molar-refractivity contribution is 7.99. The van der Waals surface area contributed by atoms with E-state index < -0.39 is 0 Å². The molecule has 1 unspecified atom stereocenters. The molecule has 0 saturated heterocycles. The van der Waals surface area contributed by atoms with Crippen LogP contribution in [0.15, 0.2) is 46.7 Å². The average Bonchev–Trinajstić information content (AvgIpc) is 2.32. The van der Waals surface area contributed by atoms with Crippen molar-refractivity contribution in [1.29, 1.82) is 0 Å². The summed E-state index contributed by atoms with van der Waals surface area (Å²) in [5.74, 6) is -0.274. The van der Waals surface area contributed by atoms with Crippen LogP contribution in [0.1, 0.15) is 18.5 Å². The number of halogens is 1. The van der Waals surface area contributed by atoms with E-state index in [-0.39, 0.29) is 11.9 Å². The molecule has 0 aliphatic carbocycles. The largest absolute Gasteiger partial charge is 0.324 e. The van der Waals surface area contributed by atoms with E-state index in [1.807, 2.05) is 6.92 Å². The van der Waals surface area contributed by atoms with Crippen LogP contribution in [0, 0.1) is 5.82 Å². The highest BCUT2D eigenvalue weighted by Crippen LogP contribution is 2.31. The summed E-state index contributed by atoms with van der Waals surface area (Å²) in [6, 6.07) is 6.21. The van der Waals surface area contributed by atoms with Crippen LogP contribution in [0.3, 0.4) is 0 Å². The van der Waals surface area contributed by atoms with Gasteiger partial charge in [0.15, 0.2) is 0 Å². The number of nitrogens with two attached hydrogens (primary N) is 1. The number of hydrogen-bond acceptors (Lipinski definition) is 4. The van der Waals surface area contributed by atoms with Crippen LogP contribution in [0.4, 0.5) is 4.39 Å². The Morgan fingerprint density at radius 3 is 2.82 bits per heavy atom. The van der Waals surface area contributed by atoms with E-state index in [1.165, 1.54) is 30.2 Å². The van der Waals surface area contributed by atoms with Gasteiger partial charge in [0.05, 0.1) is 0 Å². The first-order chi connectivity index (χ1) is 8.16. The number of aromatic nitrogens is 2. The minimum atomic E-state index is -0.274. The summed E-state index contributed by atoms with van der Waals surface area (Å²) in [5.41, 5.74) is 6.61. The minimum absolute atomic E-state index is 0.213. The third-order valence-electron chi connectivity index (χ3n) is 2.23. The standard InChI is InChI=1S/C12H12FN3S/c1-8(14)10-6-9(13)2-3-11(10)17-12-4-5-15-7-16-12/h2-8H,14H2,1H3. The van der Waals surface area contributed by atoms with Gasteiger partial charge in [-0.15, -0.1) is 0 Å². The Balaban J connectivity index is 2.33. The molecule has 2 rings (SSSR count). The molecule has 0 bridgehead atoms. The summed E-state index contributed by atoms with van der Waals surface area (Å²) >= 11 is 1.45. The van der Waals surface area contributed by atoms with Crippen molar-refractivity contribution >= 4 is 11.8 Å². The lowest BCUT2D eigenvalue weighted by molar-refractivity contribution is 0.619. The van der Waals surface area contributed by atoms with E-state index in [0.29, 0.717) is 0 Å². The van der Waals surface area contributed by atoms with Crippen LogP contribution in [-0.4, -0.2) is 9.97 Å². The van der Waals surface area contributed by atoms with E-state index >= 15 is 0 Å². The third kappa shape index (κ3) is 3.01. The Kier molecular flexibility index (Phi) is 3.71. The molecular weight excluding hydrogens is 237 g/mol. The molecule has 1 aromatic carbocycles. The zero-order valence-corrected chi connectivity index (χ0v) is 10.1.